The second-order valence-corrected chi connectivity index (χ2v) is 10.5. The van der Waals surface area contributed by atoms with Crippen LogP contribution in [0.2, 0.25) is 10.0 Å². The van der Waals surface area contributed by atoms with E-state index >= 15 is 0 Å². The van der Waals surface area contributed by atoms with E-state index in [1.807, 2.05) is 6.07 Å². The van der Waals surface area contributed by atoms with E-state index in [-0.39, 0.29) is 33.9 Å². The first-order valence-electron chi connectivity index (χ1n) is 13.2. The van der Waals surface area contributed by atoms with Crippen LogP contribution in [0.4, 0.5) is 10.1 Å². The maximum atomic E-state index is 14.8. The zero-order valence-corrected chi connectivity index (χ0v) is 24.6. The lowest BCUT2D eigenvalue weighted by atomic mass is 10.00. The van der Waals surface area contributed by atoms with Crippen molar-refractivity contribution < 1.29 is 23.8 Å². The molecule has 2 aromatic heterocycles. The minimum Gasteiger partial charge on any atom is -0.481 e. The van der Waals surface area contributed by atoms with E-state index in [2.05, 4.69) is 25.7 Å². The molecule has 1 aliphatic rings. The number of benzene rings is 2. The molecule has 2 atom stereocenters. The van der Waals surface area contributed by atoms with Crippen molar-refractivity contribution in [3.63, 3.8) is 0 Å². The number of pyridine rings is 1. The summed E-state index contributed by atoms with van der Waals surface area (Å²) < 4.78 is 26.6. The Bertz CT molecular complexity index is 1740. The number of rotatable bonds is 8. The predicted molar refractivity (Wildman–Crippen MR) is 159 cm³/mol. The Morgan fingerprint density at radius 3 is 2.74 bits per heavy atom. The molecule has 224 valence electrons. The number of nitrogens with one attached hydrogen (secondary N) is 2. The Hall–Kier alpha value is -3.94. The number of halogens is 3. The lowest BCUT2D eigenvalue weighted by Gasteiger charge is -2.28. The first kappa shape index (κ1) is 30.5. The molecular weight excluding hydrogens is 602 g/mol. The van der Waals surface area contributed by atoms with Crippen LogP contribution >= 0.6 is 23.2 Å². The Morgan fingerprint density at radius 1 is 1.19 bits per heavy atom. The average molecular weight is 629 g/mol. The van der Waals surface area contributed by atoms with Crippen molar-refractivity contribution in [3.8, 4) is 28.3 Å². The molecule has 0 saturated carbocycles. The fraction of sp³-hybridized carbons (Fsp3) is 0.276. The molecular formula is C29H27Cl2FN6O5. The molecule has 43 heavy (non-hydrogen) atoms. The molecule has 1 saturated heterocycles. The summed E-state index contributed by atoms with van der Waals surface area (Å²) in [5, 5.41) is 19.9. The van der Waals surface area contributed by atoms with Gasteiger partial charge in [0, 0.05) is 48.5 Å². The lowest BCUT2D eigenvalue weighted by molar-refractivity contribution is -0.0281. The van der Waals surface area contributed by atoms with Gasteiger partial charge in [-0.05, 0) is 24.6 Å². The molecule has 0 aliphatic carbocycles. The zero-order chi connectivity index (χ0) is 30.7. The Labute approximate surface area is 255 Å². The number of anilines is 1. The topological polar surface area (TPSA) is 140 Å². The van der Waals surface area contributed by atoms with Crippen molar-refractivity contribution in [2.75, 3.05) is 25.6 Å². The highest BCUT2D eigenvalue weighted by atomic mass is 35.5. The van der Waals surface area contributed by atoms with Crippen LogP contribution in [0.1, 0.15) is 22.5 Å². The normalized spacial score (nSPS) is 16.6. The molecule has 5 rings (SSSR count). The number of hydrogen-bond donors (Lipinski definition) is 3. The molecule has 2 aromatic carbocycles. The second kappa shape index (κ2) is 13.1. The molecule has 4 aromatic rings. The average Bonchev–Trinajstić information content (AvgIpc) is 3.00. The predicted octanol–water partition coefficient (Wildman–Crippen LogP) is 3.85. The number of carbonyl (C=O) groups is 1. The van der Waals surface area contributed by atoms with Gasteiger partial charge < -0.3 is 25.2 Å². The number of carbonyl (C=O) groups excluding carboxylic acids is 1. The molecule has 2 unspecified atom stereocenters. The molecule has 3 N–H and O–H groups in total. The molecule has 1 fully saturated rings. The summed E-state index contributed by atoms with van der Waals surface area (Å²) in [6, 6.07) is 10.9. The van der Waals surface area contributed by atoms with Crippen LogP contribution in [0.25, 0.3) is 22.4 Å². The third kappa shape index (κ3) is 6.53. The fourth-order valence-electron chi connectivity index (χ4n) is 4.71. The smallest absolute Gasteiger partial charge is 0.298 e. The highest BCUT2D eigenvalue weighted by molar-refractivity contribution is 6.39. The van der Waals surface area contributed by atoms with Crippen LogP contribution in [-0.4, -0.2) is 63.2 Å². The highest BCUT2D eigenvalue weighted by Gasteiger charge is 2.24. The lowest BCUT2D eigenvalue weighted by Crippen LogP contribution is -2.46. The van der Waals surface area contributed by atoms with Crippen LogP contribution in [0.3, 0.4) is 0 Å². The van der Waals surface area contributed by atoms with Gasteiger partial charge in [-0.1, -0.05) is 47.5 Å². The van der Waals surface area contributed by atoms with Gasteiger partial charge in [-0.2, -0.15) is 5.10 Å². The number of ether oxygens (including phenoxy) is 2. The number of nitrogens with zero attached hydrogens (tertiary/aromatic N) is 4. The van der Waals surface area contributed by atoms with E-state index in [4.69, 9.17) is 32.7 Å². The van der Waals surface area contributed by atoms with Gasteiger partial charge in [0.2, 0.25) is 5.88 Å². The molecule has 3 heterocycles. The Morgan fingerprint density at radius 2 is 1.98 bits per heavy atom. The van der Waals surface area contributed by atoms with Crippen LogP contribution in [-0.2, 0) is 18.3 Å². The summed E-state index contributed by atoms with van der Waals surface area (Å²) in [5.74, 6) is -1.20. The number of aliphatic hydroxyl groups excluding tert-OH is 1. The third-order valence-electron chi connectivity index (χ3n) is 6.99. The van der Waals surface area contributed by atoms with Crippen LogP contribution in [0.5, 0.6) is 5.88 Å². The molecule has 14 heteroatoms. The van der Waals surface area contributed by atoms with Gasteiger partial charge in [-0.25, -0.2) is 19.0 Å². The first-order valence-corrected chi connectivity index (χ1v) is 13.9. The maximum Gasteiger partial charge on any atom is 0.298 e. The number of aryl methyl sites for hydroxylation is 1. The van der Waals surface area contributed by atoms with E-state index < -0.39 is 29.1 Å². The first-order chi connectivity index (χ1) is 20.7. The van der Waals surface area contributed by atoms with Crippen LogP contribution in [0.15, 0.2) is 53.6 Å². The van der Waals surface area contributed by atoms with Gasteiger partial charge in [-0.3, -0.25) is 9.59 Å². The van der Waals surface area contributed by atoms with Gasteiger partial charge >= 0.3 is 0 Å². The van der Waals surface area contributed by atoms with Crippen molar-refractivity contribution in [3.05, 3.63) is 86.3 Å². The summed E-state index contributed by atoms with van der Waals surface area (Å²) in [5.41, 5.74) is 1.18. The minimum atomic E-state index is -0.876. The van der Waals surface area contributed by atoms with E-state index in [0.29, 0.717) is 42.3 Å². The van der Waals surface area contributed by atoms with Crippen molar-refractivity contribution >= 4 is 34.8 Å². The van der Waals surface area contributed by atoms with E-state index in [1.165, 1.54) is 20.2 Å². The SMILES string of the molecule is COc1nc(-c2cccc(-c3cc(F)cc(NC(=O)c4ncnn(C)c4=O)c3Cl)c2Cl)ccc1CNC1CCOCC1O. The monoisotopic (exact) mass is 628 g/mol. The third-order valence-corrected chi connectivity index (χ3v) is 7.80. The van der Waals surface area contributed by atoms with Crippen molar-refractivity contribution in [2.24, 2.45) is 7.05 Å². The Balaban J connectivity index is 1.44. The molecule has 11 nitrogen and oxygen atoms in total. The standard InChI is InChI=1S/C29H27Cl2FN6O5/c1-38-29(41)26(34-14-35-38)27(40)36-22-11-16(32)10-19(25(22)31)17-4-3-5-18(24(17)30)20-7-6-15(28(37-20)42-2)12-33-21-8-9-43-13-23(21)39/h3-7,10-11,14,21,23,33,39H,8-9,12-13H2,1-2H3,(H,36,40). The van der Waals surface area contributed by atoms with Gasteiger partial charge in [0.1, 0.15) is 12.1 Å². The molecule has 0 bridgehead atoms. The van der Waals surface area contributed by atoms with E-state index in [9.17, 15) is 19.1 Å². The minimum absolute atomic E-state index is 0.00180. The number of aliphatic hydroxyl groups is 1. The number of hydrogen-bond acceptors (Lipinski definition) is 9. The summed E-state index contributed by atoms with van der Waals surface area (Å²) >= 11 is 13.5. The summed E-state index contributed by atoms with van der Waals surface area (Å²) in [7, 11) is 2.88. The Kier molecular flexibility index (Phi) is 9.33. The number of aromatic nitrogens is 4. The van der Waals surface area contributed by atoms with E-state index in [1.54, 1.807) is 24.3 Å². The maximum absolute atomic E-state index is 14.8. The number of methoxy groups -OCH3 is 1. The zero-order valence-electron chi connectivity index (χ0n) is 23.1. The number of amides is 1. The van der Waals surface area contributed by atoms with Crippen LogP contribution < -0.4 is 20.9 Å². The molecule has 0 spiro atoms. The van der Waals surface area contributed by atoms with Crippen molar-refractivity contribution in [1.29, 1.82) is 0 Å². The van der Waals surface area contributed by atoms with Crippen molar-refractivity contribution in [2.45, 2.75) is 25.1 Å². The summed E-state index contributed by atoms with van der Waals surface area (Å²) in [4.78, 5) is 33.4. The summed E-state index contributed by atoms with van der Waals surface area (Å²) in [6.07, 6.45) is 1.14. The van der Waals surface area contributed by atoms with Gasteiger partial charge in [0.15, 0.2) is 5.69 Å². The molecule has 1 amide bonds. The van der Waals surface area contributed by atoms with Gasteiger partial charge in [-0.15, -0.1) is 0 Å². The fourth-order valence-corrected chi connectivity index (χ4v) is 5.29. The van der Waals surface area contributed by atoms with Gasteiger partial charge in [0.25, 0.3) is 11.5 Å². The quantitative estimate of drug-likeness (QED) is 0.265. The summed E-state index contributed by atoms with van der Waals surface area (Å²) in [6.45, 7) is 1.27. The molecule has 0 radical (unpaired) electrons. The molecule has 1 aliphatic heterocycles. The highest BCUT2D eigenvalue weighted by Crippen LogP contribution is 2.42. The van der Waals surface area contributed by atoms with E-state index in [0.717, 1.165) is 22.6 Å². The second-order valence-electron chi connectivity index (χ2n) is 9.76. The van der Waals surface area contributed by atoms with Crippen LogP contribution in [0, 0.1) is 5.82 Å². The largest absolute Gasteiger partial charge is 0.481 e. The van der Waals surface area contributed by atoms with Gasteiger partial charge in [0.05, 0.1) is 41.2 Å². The van der Waals surface area contributed by atoms with Crippen molar-refractivity contribution in [1.82, 2.24) is 25.1 Å².